The van der Waals surface area contributed by atoms with Gasteiger partial charge in [0, 0.05) is 37.7 Å². The summed E-state index contributed by atoms with van der Waals surface area (Å²) in [6, 6.07) is 0.204. The molecule has 3 aliphatic heterocycles. The predicted molar refractivity (Wildman–Crippen MR) is 234 cm³/mol. The zero-order chi connectivity index (χ0) is 49.3. The number of ether oxygens (including phenoxy) is 6. The summed E-state index contributed by atoms with van der Waals surface area (Å²) in [6.45, 7) is 15.7. The zero-order valence-corrected chi connectivity index (χ0v) is 40.6. The summed E-state index contributed by atoms with van der Waals surface area (Å²) >= 11 is 5.85. The first-order valence-corrected chi connectivity index (χ1v) is 22.7. The van der Waals surface area contributed by atoms with E-state index in [-0.39, 0.29) is 37.6 Å². The van der Waals surface area contributed by atoms with Gasteiger partial charge in [0.2, 0.25) is 0 Å². The number of nitrogens with one attached hydrogen (secondary N) is 1. The number of anilines is 1. The number of aliphatic hydroxyl groups is 5. The first kappa shape index (κ1) is 55.2. The fourth-order valence-corrected chi connectivity index (χ4v) is 10.0. The largest absolute Gasteiger partial charge is 0.459 e. The highest BCUT2D eigenvalue weighted by atomic mass is 35.5. The number of esters is 1. The van der Waals surface area contributed by atoms with Crippen LogP contribution in [0.3, 0.4) is 0 Å². The normalized spacial score (nSPS) is 41.9. The number of carbonyl (C=O) groups excluding carboxylic acids is 2. The number of benzene rings is 1. The van der Waals surface area contributed by atoms with Crippen molar-refractivity contribution in [2.75, 3.05) is 33.1 Å². The SMILES string of the molecule is CC[C@H]1OC(=O)[C@H](C)[C@@H](O[C@H]2C[C@@](C)(OC)[C@@H](O)[C@H](C)O2)[C@H](C)[C@@H](O[C@@H]2O[C@H](C)C[C@H](N(C)C)[C@H]2O)[C@](C)(O)C[C@@H](C)CN(C(=O)Nc2ccc(Cl)c(C(F)(F)F)c2)[C@H](C)[C@@H](O)[C@]1(C)O. The van der Waals surface area contributed by atoms with Gasteiger partial charge in [0.1, 0.15) is 30.0 Å². The van der Waals surface area contributed by atoms with Gasteiger partial charge in [-0.2, -0.15) is 13.2 Å². The molecule has 1 aromatic carbocycles. The van der Waals surface area contributed by atoms with E-state index < -0.39 is 131 Å². The van der Waals surface area contributed by atoms with Crippen molar-refractivity contribution in [1.29, 1.82) is 0 Å². The Morgan fingerprint density at radius 2 is 1.63 bits per heavy atom. The Hall–Kier alpha value is -2.40. The molecule has 2 amide bonds. The summed E-state index contributed by atoms with van der Waals surface area (Å²) in [5.74, 6) is -3.71. The molecule has 3 heterocycles. The molecule has 3 fully saturated rings. The Morgan fingerprint density at radius 3 is 2.20 bits per heavy atom. The molecule has 0 spiro atoms. The van der Waals surface area contributed by atoms with Gasteiger partial charge in [0.25, 0.3) is 0 Å². The lowest BCUT2D eigenvalue weighted by molar-refractivity contribution is -0.318. The molecular formula is C45H73ClF3N3O13. The van der Waals surface area contributed by atoms with Gasteiger partial charge in [0.15, 0.2) is 12.6 Å². The number of nitrogens with zero attached hydrogens (tertiary/aromatic N) is 2. The molecule has 0 radical (unpaired) electrons. The first-order valence-electron chi connectivity index (χ1n) is 22.4. The molecule has 20 heteroatoms. The van der Waals surface area contributed by atoms with Gasteiger partial charge < -0.3 is 69.1 Å². The quantitative estimate of drug-likeness (QED) is 0.186. The molecule has 18 atom stereocenters. The molecule has 0 unspecified atom stereocenters. The Labute approximate surface area is 385 Å². The minimum Gasteiger partial charge on any atom is -0.459 e. The molecule has 1 aromatic rings. The van der Waals surface area contributed by atoms with Crippen LogP contribution < -0.4 is 5.32 Å². The number of rotatable bonds is 8. The highest BCUT2D eigenvalue weighted by Gasteiger charge is 2.53. The molecule has 3 saturated heterocycles. The molecule has 6 N–H and O–H groups in total. The summed E-state index contributed by atoms with van der Waals surface area (Å²) in [4.78, 5) is 31.7. The van der Waals surface area contributed by atoms with Gasteiger partial charge in [0.05, 0.1) is 58.2 Å². The fourth-order valence-electron chi connectivity index (χ4n) is 9.79. The van der Waals surface area contributed by atoms with Crippen LogP contribution in [0.5, 0.6) is 0 Å². The van der Waals surface area contributed by atoms with Crippen molar-refractivity contribution in [2.24, 2.45) is 17.8 Å². The van der Waals surface area contributed by atoms with E-state index in [0.717, 1.165) is 11.0 Å². The molecule has 0 aromatic heterocycles. The molecule has 0 bridgehead atoms. The molecule has 65 heavy (non-hydrogen) atoms. The maximum atomic E-state index is 14.5. The third-order valence-electron chi connectivity index (χ3n) is 13.7. The van der Waals surface area contributed by atoms with E-state index in [1.807, 2.05) is 25.9 Å². The summed E-state index contributed by atoms with van der Waals surface area (Å²) in [5, 5.41) is 61.4. The van der Waals surface area contributed by atoms with Crippen LogP contribution >= 0.6 is 11.6 Å². The van der Waals surface area contributed by atoms with Gasteiger partial charge in [-0.1, -0.05) is 32.4 Å². The minimum absolute atomic E-state index is 0.0141. The number of carbonyl (C=O) groups is 2. The summed E-state index contributed by atoms with van der Waals surface area (Å²) in [7, 11) is 5.07. The van der Waals surface area contributed by atoms with Gasteiger partial charge in [-0.25, -0.2) is 4.79 Å². The van der Waals surface area contributed by atoms with Crippen molar-refractivity contribution in [3.8, 4) is 0 Å². The molecule has 16 nitrogen and oxygen atoms in total. The van der Waals surface area contributed by atoms with Gasteiger partial charge in [-0.15, -0.1) is 0 Å². The minimum atomic E-state index is -4.84. The third-order valence-corrected chi connectivity index (χ3v) is 14.0. The maximum absolute atomic E-state index is 14.5. The lowest BCUT2D eigenvalue weighted by atomic mass is 9.77. The van der Waals surface area contributed by atoms with Crippen LogP contribution in [0.1, 0.15) is 100 Å². The maximum Gasteiger partial charge on any atom is 0.417 e. The number of aliphatic hydroxyl groups excluding tert-OH is 3. The van der Waals surface area contributed by atoms with Gasteiger partial charge in [-0.05, 0) is 106 Å². The second-order valence-corrected chi connectivity index (χ2v) is 19.9. The topological polar surface area (TPSA) is 209 Å². The second kappa shape index (κ2) is 21.5. The predicted octanol–water partition coefficient (Wildman–Crippen LogP) is 5.18. The molecule has 0 aliphatic carbocycles. The lowest BCUT2D eigenvalue weighted by Gasteiger charge is -2.48. The molecule has 3 aliphatic rings. The number of halogens is 4. The van der Waals surface area contributed by atoms with E-state index in [9.17, 15) is 48.3 Å². The number of likely N-dealkylation sites (N-methyl/N-ethyl adjacent to an activating group) is 1. The number of urea groups is 1. The highest BCUT2D eigenvalue weighted by Crippen LogP contribution is 2.41. The van der Waals surface area contributed by atoms with E-state index in [1.54, 1.807) is 34.6 Å². The van der Waals surface area contributed by atoms with Crippen LogP contribution in [0.15, 0.2) is 18.2 Å². The molecular weight excluding hydrogens is 883 g/mol. The Bertz CT molecular complexity index is 1760. The number of alkyl halides is 3. The smallest absolute Gasteiger partial charge is 0.417 e. The monoisotopic (exact) mass is 955 g/mol. The lowest BCUT2D eigenvalue weighted by Crippen LogP contribution is -2.61. The Kier molecular flexibility index (Phi) is 18.2. The second-order valence-electron chi connectivity index (χ2n) is 19.5. The summed E-state index contributed by atoms with van der Waals surface area (Å²) in [5.41, 5.74) is -6.69. The van der Waals surface area contributed by atoms with Crippen LogP contribution in [0.2, 0.25) is 5.02 Å². The van der Waals surface area contributed by atoms with E-state index in [2.05, 4.69) is 5.32 Å². The zero-order valence-electron chi connectivity index (χ0n) is 39.8. The van der Waals surface area contributed by atoms with Crippen molar-refractivity contribution >= 4 is 29.3 Å². The number of cyclic esters (lactones) is 1. The van der Waals surface area contributed by atoms with Crippen molar-refractivity contribution in [3.05, 3.63) is 28.8 Å². The van der Waals surface area contributed by atoms with Crippen LogP contribution in [0.4, 0.5) is 23.7 Å². The van der Waals surface area contributed by atoms with E-state index >= 15 is 0 Å². The number of hydrogen-bond acceptors (Lipinski definition) is 14. The van der Waals surface area contributed by atoms with E-state index in [0.29, 0.717) is 12.5 Å². The van der Waals surface area contributed by atoms with Crippen molar-refractivity contribution < 1.29 is 76.7 Å². The van der Waals surface area contributed by atoms with E-state index in [4.69, 9.17) is 40.0 Å². The van der Waals surface area contributed by atoms with Crippen LogP contribution in [0, 0.1) is 17.8 Å². The third kappa shape index (κ3) is 12.6. The van der Waals surface area contributed by atoms with Crippen LogP contribution in [-0.2, 0) is 39.4 Å². The average molecular weight is 957 g/mol. The van der Waals surface area contributed by atoms with Crippen molar-refractivity contribution in [3.63, 3.8) is 0 Å². The Balaban J connectivity index is 1.87. The molecule has 0 saturated carbocycles. The fraction of sp³-hybridized carbons (Fsp3) is 0.822. The molecule has 4 rings (SSSR count). The summed E-state index contributed by atoms with van der Waals surface area (Å²) < 4.78 is 79.0. The van der Waals surface area contributed by atoms with Crippen molar-refractivity contribution in [1.82, 2.24) is 9.80 Å². The van der Waals surface area contributed by atoms with Gasteiger partial charge >= 0.3 is 18.2 Å². The Morgan fingerprint density at radius 1 is 1.00 bits per heavy atom. The highest BCUT2D eigenvalue weighted by molar-refractivity contribution is 6.31. The standard InChI is InChI=1S/C45H73ClF3N3O13/c1-14-32-44(10,59)36(54)26(6)52(41(57)50-28-15-16-30(46)29(18-28)45(47,48)49)21-22(2)19-42(8,58)38(65-40-34(53)31(51(11)12)17-23(3)61-40)24(4)35(25(5)39(56)63-32)64-33-20-43(9,60-13)37(55)27(7)62-33/h15-16,18,22-27,31-38,40,53-55,58-59H,14,17,19-21H2,1-13H3,(H,50,57)/t22-,23-,24+,25-,26-,27+,31+,32-,33+,34-,35+,36-,37+,38-,40+,42-,43-,44-/m1/s1. The van der Waals surface area contributed by atoms with Crippen LogP contribution in [0.25, 0.3) is 0 Å². The molecule has 374 valence electrons. The number of amides is 2. The summed E-state index contributed by atoms with van der Waals surface area (Å²) in [6.07, 6.45) is -16.0. The number of methoxy groups -OCH3 is 1. The van der Waals surface area contributed by atoms with Crippen molar-refractivity contribution in [2.45, 2.75) is 191 Å². The number of hydrogen-bond donors (Lipinski definition) is 6. The van der Waals surface area contributed by atoms with Crippen LogP contribution in [-0.4, -0.2) is 165 Å². The van der Waals surface area contributed by atoms with Gasteiger partial charge in [-0.3, -0.25) is 4.79 Å². The van der Waals surface area contributed by atoms with E-state index in [1.165, 1.54) is 40.9 Å². The first-order chi connectivity index (χ1) is 29.9. The average Bonchev–Trinajstić information content (AvgIpc) is 3.21.